The van der Waals surface area contributed by atoms with Crippen molar-refractivity contribution in [1.29, 1.82) is 0 Å². The van der Waals surface area contributed by atoms with Crippen molar-refractivity contribution in [2.45, 2.75) is 0 Å². The zero-order valence-corrected chi connectivity index (χ0v) is 8.06. The van der Waals surface area contributed by atoms with Gasteiger partial charge in [0.15, 0.2) is 0 Å². The molecule has 0 aliphatic rings. The van der Waals surface area contributed by atoms with Gasteiger partial charge in [0.2, 0.25) is 0 Å². The average molecular weight is 183 g/mol. The maximum absolute atomic E-state index is 5.60. The van der Waals surface area contributed by atoms with E-state index < -0.39 is 0 Å². The maximum Gasteiger partial charge on any atom is 0.0472 e. The van der Waals surface area contributed by atoms with Crippen LogP contribution in [0.1, 0.15) is 0 Å². The minimum absolute atomic E-state index is 0.777. The molecule has 0 bridgehead atoms. The van der Waals surface area contributed by atoms with E-state index in [2.05, 4.69) is 4.72 Å². The first-order valence-corrected chi connectivity index (χ1v) is 4.41. The molecule has 3 N–H and O–H groups in total. The Morgan fingerprint density at radius 1 is 1.42 bits per heavy atom. The molecule has 0 atom stereocenters. The van der Waals surface area contributed by atoms with E-state index in [1.807, 2.05) is 42.7 Å². The SMILES string of the molecule is CN(C)SNc1cccc(N)c1. The molecular formula is C8H13N3S. The van der Waals surface area contributed by atoms with Crippen molar-refractivity contribution < 1.29 is 0 Å². The molecule has 12 heavy (non-hydrogen) atoms. The number of hydrogen-bond acceptors (Lipinski definition) is 4. The molecule has 1 aromatic rings. The highest BCUT2D eigenvalue weighted by Gasteiger charge is 1.93. The van der Waals surface area contributed by atoms with Crippen LogP contribution < -0.4 is 10.5 Å². The van der Waals surface area contributed by atoms with Crippen molar-refractivity contribution in [3.05, 3.63) is 24.3 Å². The van der Waals surface area contributed by atoms with E-state index in [9.17, 15) is 0 Å². The summed E-state index contributed by atoms with van der Waals surface area (Å²) < 4.78 is 5.12. The number of nitrogen functional groups attached to an aromatic ring is 1. The Bertz CT molecular complexity index is 250. The van der Waals surface area contributed by atoms with Crippen LogP contribution in [0, 0.1) is 0 Å². The highest BCUT2D eigenvalue weighted by molar-refractivity contribution is 7.98. The molecule has 0 fully saturated rings. The lowest BCUT2D eigenvalue weighted by Gasteiger charge is -2.10. The molecule has 0 aliphatic carbocycles. The second kappa shape index (κ2) is 4.23. The fourth-order valence-corrected chi connectivity index (χ4v) is 1.16. The number of nitrogens with one attached hydrogen (secondary N) is 1. The molecule has 0 saturated carbocycles. The molecule has 0 aliphatic heterocycles. The van der Waals surface area contributed by atoms with Gasteiger partial charge in [0.1, 0.15) is 0 Å². The number of anilines is 2. The summed E-state index contributed by atoms with van der Waals surface area (Å²) in [5, 5.41) is 0. The molecule has 0 spiro atoms. The largest absolute Gasteiger partial charge is 0.399 e. The van der Waals surface area contributed by atoms with Gasteiger partial charge in [0.25, 0.3) is 0 Å². The Kier molecular flexibility index (Phi) is 3.25. The smallest absolute Gasteiger partial charge is 0.0472 e. The Morgan fingerprint density at radius 2 is 2.17 bits per heavy atom. The molecule has 0 aromatic heterocycles. The van der Waals surface area contributed by atoms with Crippen molar-refractivity contribution >= 4 is 23.5 Å². The summed E-state index contributed by atoms with van der Waals surface area (Å²) in [5.41, 5.74) is 7.40. The summed E-state index contributed by atoms with van der Waals surface area (Å²) in [5.74, 6) is 0. The minimum Gasteiger partial charge on any atom is -0.399 e. The van der Waals surface area contributed by atoms with Gasteiger partial charge < -0.3 is 10.5 Å². The number of nitrogens with two attached hydrogens (primary N) is 1. The third kappa shape index (κ3) is 3.02. The summed E-state index contributed by atoms with van der Waals surface area (Å²) in [6, 6.07) is 7.67. The molecule has 0 heterocycles. The molecule has 4 heteroatoms. The quantitative estimate of drug-likeness (QED) is 0.554. The lowest BCUT2D eigenvalue weighted by molar-refractivity contribution is 0.706. The van der Waals surface area contributed by atoms with Crippen LogP contribution >= 0.6 is 12.1 Å². The first-order chi connectivity index (χ1) is 5.68. The molecular weight excluding hydrogens is 170 g/mol. The van der Waals surface area contributed by atoms with Crippen LogP contribution in [-0.4, -0.2) is 18.4 Å². The normalized spacial score (nSPS) is 10.2. The summed E-state index contributed by atoms with van der Waals surface area (Å²) in [4.78, 5) is 0. The molecule has 0 saturated heterocycles. The van der Waals surface area contributed by atoms with Gasteiger partial charge in [-0.2, -0.15) is 0 Å². The molecule has 66 valence electrons. The second-order valence-corrected chi connectivity index (χ2v) is 3.75. The standard InChI is InChI=1S/C8H13N3S/c1-11(2)12-10-8-5-3-4-7(9)6-8/h3-6,10H,9H2,1-2H3. The van der Waals surface area contributed by atoms with Crippen LogP contribution in [0.25, 0.3) is 0 Å². The molecule has 3 nitrogen and oxygen atoms in total. The number of benzene rings is 1. The van der Waals surface area contributed by atoms with Gasteiger partial charge in [-0.25, -0.2) is 4.31 Å². The van der Waals surface area contributed by atoms with Gasteiger partial charge in [-0.05, 0) is 32.3 Å². The van der Waals surface area contributed by atoms with Gasteiger partial charge in [0, 0.05) is 23.5 Å². The van der Waals surface area contributed by atoms with Crippen LogP contribution in [0.15, 0.2) is 24.3 Å². The van der Waals surface area contributed by atoms with E-state index in [0.29, 0.717) is 0 Å². The summed E-state index contributed by atoms with van der Waals surface area (Å²) in [7, 11) is 3.95. The summed E-state index contributed by atoms with van der Waals surface area (Å²) in [6.45, 7) is 0. The van der Waals surface area contributed by atoms with Crippen LogP contribution in [0.4, 0.5) is 11.4 Å². The van der Waals surface area contributed by atoms with Gasteiger partial charge in [-0.3, -0.25) is 0 Å². The average Bonchev–Trinajstić information content (AvgIpc) is 2.01. The van der Waals surface area contributed by atoms with Crippen molar-refractivity contribution in [3.8, 4) is 0 Å². The van der Waals surface area contributed by atoms with Gasteiger partial charge in [-0.1, -0.05) is 6.07 Å². The first-order valence-electron chi connectivity index (χ1n) is 3.64. The van der Waals surface area contributed by atoms with Gasteiger partial charge in [-0.15, -0.1) is 0 Å². The number of hydrogen-bond donors (Lipinski definition) is 2. The Hall–Kier alpha value is -0.870. The lowest BCUT2D eigenvalue weighted by Crippen LogP contribution is -2.04. The van der Waals surface area contributed by atoms with Gasteiger partial charge >= 0.3 is 0 Å². The zero-order valence-electron chi connectivity index (χ0n) is 7.24. The highest BCUT2D eigenvalue weighted by atomic mass is 32.2. The zero-order chi connectivity index (χ0) is 8.97. The van der Waals surface area contributed by atoms with Crippen molar-refractivity contribution in [2.24, 2.45) is 0 Å². The first kappa shape index (κ1) is 9.22. The Morgan fingerprint density at radius 3 is 2.75 bits per heavy atom. The predicted octanol–water partition coefficient (Wildman–Crippen LogP) is 1.81. The maximum atomic E-state index is 5.60. The molecule has 0 radical (unpaired) electrons. The molecule has 0 unspecified atom stereocenters. The van der Waals surface area contributed by atoms with E-state index in [1.54, 1.807) is 0 Å². The minimum atomic E-state index is 0.777. The third-order valence-corrected chi connectivity index (χ3v) is 1.92. The van der Waals surface area contributed by atoms with E-state index >= 15 is 0 Å². The molecule has 1 aromatic carbocycles. The molecule has 0 amide bonds. The van der Waals surface area contributed by atoms with Crippen molar-refractivity contribution in [2.75, 3.05) is 24.6 Å². The summed E-state index contributed by atoms with van der Waals surface area (Å²) >= 11 is 1.52. The second-order valence-electron chi connectivity index (χ2n) is 2.63. The lowest BCUT2D eigenvalue weighted by atomic mass is 10.3. The number of rotatable bonds is 3. The number of nitrogens with zero attached hydrogens (tertiary/aromatic N) is 1. The Balaban J connectivity index is 2.52. The van der Waals surface area contributed by atoms with Gasteiger partial charge in [0.05, 0.1) is 0 Å². The summed E-state index contributed by atoms with van der Waals surface area (Å²) in [6.07, 6.45) is 0. The van der Waals surface area contributed by atoms with Crippen LogP contribution in [0.2, 0.25) is 0 Å². The topological polar surface area (TPSA) is 41.3 Å². The van der Waals surface area contributed by atoms with Crippen LogP contribution in [0.3, 0.4) is 0 Å². The highest BCUT2D eigenvalue weighted by Crippen LogP contribution is 2.16. The van der Waals surface area contributed by atoms with Crippen molar-refractivity contribution in [1.82, 2.24) is 4.31 Å². The molecule has 1 rings (SSSR count). The predicted molar refractivity (Wildman–Crippen MR) is 55.8 cm³/mol. The van der Waals surface area contributed by atoms with Crippen molar-refractivity contribution in [3.63, 3.8) is 0 Å². The Labute approximate surface area is 77.2 Å². The fraction of sp³-hybridized carbons (Fsp3) is 0.250. The van der Waals surface area contributed by atoms with Crippen LogP contribution in [-0.2, 0) is 0 Å². The monoisotopic (exact) mass is 183 g/mol. The fourth-order valence-electron chi connectivity index (χ4n) is 0.746. The third-order valence-electron chi connectivity index (χ3n) is 1.23. The van der Waals surface area contributed by atoms with E-state index in [1.165, 1.54) is 12.1 Å². The van der Waals surface area contributed by atoms with E-state index in [4.69, 9.17) is 5.73 Å². The van der Waals surface area contributed by atoms with E-state index in [-0.39, 0.29) is 0 Å². The van der Waals surface area contributed by atoms with Crippen LogP contribution in [0.5, 0.6) is 0 Å². The van der Waals surface area contributed by atoms with E-state index in [0.717, 1.165) is 11.4 Å².